The fourth-order valence-electron chi connectivity index (χ4n) is 2.34. The molecule has 1 heterocycles. The van der Waals surface area contributed by atoms with Gasteiger partial charge in [0.05, 0.1) is 24.8 Å². The SMILES string of the molecule is CC[C@@H](C)OC(=O)C1=C(C)NC(=O)N[C@@H]1c1ccc(OC)cc1. The van der Waals surface area contributed by atoms with Crippen molar-refractivity contribution < 1.29 is 19.1 Å². The number of rotatable bonds is 5. The van der Waals surface area contributed by atoms with Crippen molar-refractivity contribution in [2.24, 2.45) is 0 Å². The predicted molar refractivity (Wildman–Crippen MR) is 85.9 cm³/mol. The van der Waals surface area contributed by atoms with Gasteiger partial charge >= 0.3 is 12.0 Å². The maximum Gasteiger partial charge on any atom is 0.338 e. The minimum Gasteiger partial charge on any atom is -0.497 e. The van der Waals surface area contributed by atoms with E-state index in [0.717, 1.165) is 12.0 Å². The molecule has 6 heteroatoms. The van der Waals surface area contributed by atoms with E-state index in [9.17, 15) is 9.59 Å². The molecular formula is C17H22N2O4. The minimum atomic E-state index is -0.550. The summed E-state index contributed by atoms with van der Waals surface area (Å²) in [7, 11) is 1.58. The van der Waals surface area contributed by atoms with Gasteiger partial charge in [-0.15, -0.1) is 0 Å². The Labute approximate surface area is 135 Å². The van der Waals surface area contributed by atoms with E-state index in [1.807, 2.05) is 26.0 Å². The van der Waals surface area contributed by atoms with Crippen LogP contribution in [0.1, 0.15) is 38.8 Å². The van der Waals surface area contributed by atoms with Gasteiger partial charge in [0, 0.05) is 5.70 Å². The highest BCUT2D eigenvalue weighted by molar-refractivity contribution is 5.95. The second-order valence-corrected chi connectivity index (χ2v) is 5.47. The third kappa shape index (κ3) is 3.83. The molecule has 0 saturated carbocycles. The fourth-order valence-corrected chi connectivity index (χ4v) is 2.34. The normalized spacial score (nSPS) is 18.8. The lowest BCUT2D eigenvalue weighted by Gasteiger charge is -2.28. The molecular weight excluding hydrogens is 296 g/mol. The zero-order valence-corrected chi connectivity index (χ0v) is 13.8. The van der Waals surface area contributed by atoms with E-state index in [0.29, 0.717) is 17.0 Å². The average molecular weight is 318 g/mol. The Balaban J connectivity index is 2.35. The number of carbonyl (C=O) groups excluding carboxylic acids is 2. The Morgan fingerprint density at radius 1 is 1.30 bits per heavy atom. The second kappa shape index (κ2) is 7.17. The van der Waals surface area contributed by atoms with Crippen LogP contribution in [0.4, 0.5) is 4.79 Å². The summed E-state index contributed by atoms with van der Waals surface area (Å²) in [4.78, 5) is 24.3. The summed E-state index contributed by atoms with van der Waals surface area (Å²) in [5.41, 5.74) is 1.70. The zero-order valence-electron chi connectivity index (χ0n) is 13.8. The molecule has 0 unspecified atom stereocenters. The van der Waals surface area contributed by atoms with Gasteiger partial charge < -0.3 is 20.1 Å². The number of carbonyl (C=O) groups is 2. The van der Waals surface area contributed by atoms with Crippen molar-refractivity contribution in [1.82, 2.24) is 10.6 Å². The topological polar surface area (TPSA) is 76.7 Å². The van der Waals surface area contributed by atoms with Crippen molar-refractivity contribution in [3.8, 4) is 5.75 Å². The lowest BCUT2D eigenvalue weighted by molar-refractivity contribution is -0.144. The molecule has 2 atom stereocenters. The Kier molecular flexibility index (Phi) is 5.26. The molecule has 0 radical (unpaired) electrons. The summed E-state index contributed by atoms with van der Waals surface area (Å²) in [5.74, 6) is 0.281. The van der Waals surface area contributed by atoms with Gasteiger partial charge in [-0.2, -0.15) is 0 Å². The molecule has 1 aliphatic heterocycles. The molecule has 6 nitrogen and oxygen atoms in total. The highest BCUT2D eigenvalue weighted by Gasteiger charge is 2.32. The molecule has 1 aromatic rings. The summed E-state index contributed by atoms with van der Waals surface area (Å²) in [6.07, 6.45) is 0.544. The first-order valence-corrected chi connectivity index (χ1v) is 7.59. The largest absolute Gasteiger partial charge is 0.497 e. The van der Waals surface area contributed by atoms with E-state index in [1.54, 1.807) is 26.2 Å². The molecule has 0 fully saturated rings. The minimum absolute atomic E-state index is 0.183. The molecule has 0 aliphatic carbocycles. The first-order chi connectivity index (χ1) is 11.0. The van der Waals surface area contributed by atoms with Gasteiger partial charge in [0.25, 0.3) is 0 Å². The van der Waals surface area contributed by atoms with Crippen LogP contribution in [0.25, 0.3) is 0 Å². The van der Waals surface area contributed by atoms with Gasteiger partial charge in [-0.1, -0.05) is 19.1 Å². The third-order valence-electron chi connectivity index (χ3n) is 3.82. The molecule has 23 heavy (non-hydrogen) atoms. The van der Waals surface area contributed by atoms with Crippen molar-refractivity contribution in [2.75, 3.05) is 7.11 Å². The van der Waals surface area contributed by atoms with Crippen LogP contribution in [-0.4, -0.2) is 25.2 Å². The van der Waals surface area contributed by atoms with E-state index in [-0.39, 0.29) is 12.1 Å². The number of urea groups is 1. The molecule has 0 bridgehead atoms. The fraction of sp³-hybridized carbons (Fsp3) is 0.412. The maximum atomic E-state index is 12.5. The lowest BCUT2D eigenvalue weighted by Crippen LogP contribution is -2.45. The van der Waals surface area contributed by atoms with Crippen molar-refractivity contribution in [3.63, 3.8) is 0 Å². The quantitative estimate of drug-likeness (QED) is 0.818. The predicted octanol–water partition coefficient (Wildman–Crippen LogP) is 2.66. The Hall–Kier alpha value is -2.50. The molecule has 1 aromatic carbocycles. The molecule has 0 spiro atoms. The standard InChI is InChI=1S/C17H22N2O4/c1-5-10(2)23-16(20)14-11(3)18-17(21)19-15(14)12-6-8-13(22-4)9-7-12/h6-10,15H,5H2,1-4H3,(H2,18,19,21)/t10-,15-/m1/s1. The number of benzene rings is 1. The van der Waals surface area contributed by atoms with Crippen LogP contribution in [0.5, 0.6) is 5.75 Å². The van der Waals surface area contributed by atoms with Crippen LogP contribution in [0.15, 0.2) is 35.5 Å². The van der Waals surface area contributed by atoms with E-state index >= 15 is 0 Å². The van der Waals surface area contributed by atoms with Crippen molar-refractivity contribution >= 4 is 12.0 Å². The van der Waals surface area contributed by atoms with Gasteiger partial charge in [-0.3, -0.25) is 0 Å². The number of esters is 1. The number of amides is 2. The maximum absolute atomic E-state index is 12.5. The monoisotopic (exact) mass is 318 g/mol. The van der Waals surface area contributed by atoms with Crippen LogP contribution in [0.2, 0.25) is 0 Å². The zero-order chi connectivity index (χ0) is 17.0. The third-order valence-corrected chi connectivity index (χ3v) is 3.82. The first-order valence-electron chi connectivity index (χ1n) is 7.59. The number of hydrogen-bond acceptors (Lipinski definition) is 4. The summed E-state index contributed by atoms with van der Waals surface area (Å²) in [5, 5.41) is 5.40. The molecule has 0 saturated heterocycles. The summed E-state index contributed by atoms with van der Waals surface area (Å²) >= 11 is 0. The van der Waals surface area contributed by atoms with Crippen molar-refractivity contribution in [3.05, 3.63) is 41.1 Å². The van der Waals surface area contributed by atoms with Crippen LogP contribution in [0.3, 0.4) is 0 Å². The number of methoxy groups -OCH3 is 1. The van der Waals surface area contributed by atoms with Gasteiger partial charge in [0.2, 0.25) is 0 Å². The summed E-state index contributed by atoms with van der Waals surface area (Å²) < 4.78 is 10.6. The second-order valence-electron chi connectivity index (χ2n) is 5.47. The van der Waals surface area contributed by atoms with Crippen LogP contribution < -0.4 is 15.4 Å². The first kappa shape index (κ1) is 16.9. The number of allylic oxidation sites excluding steroid dienone is 1. The molecule has 124 valence electrons. The van der Waals surface area contributed by atoms with E-state index in [2.05, 4.69) is 10.6 Å². The summed E-state index contributed by atoms with van der Waals surface area (Å²) in [6.45, 7) is 5.48. The van der Waals surface area contributed by atoms with Crippen LogP contribution in [0, 0.1) is 0 Å². The van der Waals surface area contributed by atoms with E-state index in [4.69, 9.17) is 9.47 Å². The van der Waals surface area contributed by atoms with Gasteiger partial charge in [-0.05, 0) is 38.0 Å². The lowest BCUT2D eigenvalue weighted by atomic mass is 9.95. The molecule has 0 aromatic heterocycles. The molecule has 2 N–H and O–H groups in total. The Bertz CT molecular complexity index is 622. The molecule has 2 amide bonds. The Morgan fingerprint density at radius 3 is 2.52 bits per heavy atom. The van der Waals surface area contributed by atoms with E-state index in [1.165, 1.54) is 0 Å². The smallest absolute Gasteiger partial charge is 0.338 e. The van der Waals surface area contributed by atoms with Crippen LogP contribution in [-0.2, 0) is 9.53 Å². The highest BCUT2D eigenvalue weighted by atomic mass is 16.5. The molecule has 1 aliphatic rings. The number of ether oxygens (including phenoxy) is 2. The molecule has 2 rings (SSSR count). The van der Waals surface area contributed by atoms with Crippen molar-refractivity contribution in [1.29, 1.82) is 0 Å². The highest BCUT2D eigenvalue weighted by Crippen LogP contribution is 2.29. The van der Waals surface area contributed by atoms with Crippen LogP contribution >= 0.6 is 0 Å². The van der Waals surface area contributed by atoms with Gasteiger partial charge in [-0.25, -0.2) is 9.59 Å². The van der Waals surface area contributed by atoms with Gasteiger partial charge in [0.15, 0.2) is 0 Å². The number of hydrogen-bond donors (Lipinski definition) is 2. The average Bonchev–Trinajstić information content (AvgIpc) is 2.53. The summed E-state index contributed by atoms with van der Waals surface area (Å²) in [6, 6.07) is 6.32. The van der Waals surface area contributed by atoms with Crippen molar-refractivity contribution in [2.45, 2.75) is 39.3 Å². The number of nitrogens with one attached hydrogen (secondary N) is 2. The van der Waals surface area contributed by atoms with Gasteiger partial charge in [0.1, 0.15) is 5.75 Å². The Morgan fingerprint density at radius 2 is 1.96 bits per heavy atom. The van der Waals surface area contributed by atoms with E-state index < -0.39 is 12.0 Å².